The van der Waals surface area contributed by atoms with Crippen LogP contribution in [0.1, 0.15) is 0 Å². The molecule has 1 aromatic rings. The van der Waals surface area contributed by atoms with E-state index in [4.69, 9.17) is 4.55 Å². The van der Waals surface area contributed by atoms with E-state index in [0.29, 0.717) is 0 Å². The molecule has 0 aliphatic carbocycles. The largest absolute Gasteiger partial charge is 0.359 e. The van der Waals surface area contributed by atoms with Crippen LogP contribution in [0.25, 0.3) is 0 Å². The van der Waals surface area contributed by atoms with Gasteiger partial charge in [0.1, 0.15) is 6.33 Å². The number of hydrogen-bond donors (Lipinski definition) is 1. The zero-order valence-corrected chi connectivity index (χ0v) is 7.14. The molecule has 8 heteroatoms. The molecule has 1 unspecified atom stereocenters. The molecular formula is C5H6N2O5S. The van der Waals surface area contributed by atoms with Crippen LogP contribution in [0.5, 0.6) is 0 Å². The van der Waals surface area contributed by atoms with Gasteiger partial charge in [-0.2, -0.15) is 8.94 Å². The van der Waals surface area contributed by atoms with Gasteiger partial charge in [0, 0.05) is 6.20 Å². The molecule has 1 rings (SSSR count). The average molecular weight is 206 g/mol. The van der Waals surface area contributed by atoms with Crippen LogP contribution in [0, 0.1) is 0 Å². The molecule has 0 saturated heterocycles. The highest BCUT2D eigenvalue weighted by Crippen LogP contribution is 1.84. The van der Waals surface area contributed by atoms with Crippen LogP contribution in [-0.4, -0.2) is 31.1 Å². The molecule has 0 spiro atoms. The summed E-state index contributed by atoms with van der Waals surface area (Å²) >= 11 is -2.46. The first kappa shape index (κ1) is 9.84. The van der Waals surface area contributed by atoms with Crippen molar-refractivity contribution < 1.29 is 22.6 Å². The molecule has 0 fully saturated rings. The van der Waals surface area contributed by atoms with Crippen LogP contribution in [0.2, 0.25) is 0 Å². The minimum Gasteiger partial charge on any atom is -0.333 e. The molecule has 0 aliphatic heterocycles. The van der Waals surface area contributed by atoms with Gasteiger partial charge in [-0.1, -0.05) is 0 Å². The van der Waals surface area contributed by atoms with Crippen molar-refractivity contribution >= 4 is 17.3 Å². The predicted octanol–water partition coefficient (Wildman–Crippen LogP) is -1.01. The standard InChI is InChI=1S/C5H6N2O5S/c8-5(3-11-13(9)10)12-7-2-1-6-4-7/h1-2,4H,3H2,(H,9,10). The van der Waals surface area contributed by atoms with Crippen LogP contribution in [-0.2, 0) is 20.3 Å². The summed E-state index contributed by atoms with van der Waals surface area (Å²) in [5.41, 5.74) is 0. The Morgan fingerprint density at radius 2 is 2.46 bits per heavy atom. The Morgan fingerprint density at radius 1 is 1.69 bits per heavy atom. The summed E-state index contributed by atoms with van der Waals surface area (Å²) in [5, 5.41) is 0. The van der Waals surface area contributed by atoms with Crippen LogP contribution in [0.3, 0.4) is 0 Å². The van der Waals surface area contributed by atoms with Crippen LogP contribution < -0.4 is 4.84 Å². The maximum atomic E-state index is 10.8. The second-order valence-electron chi connectivity index (χ2n) is 1.87. The van der Waals surface area contributed by atoms with Crippen molar-refractivity contribution in [3.8, 4) is 0 Å². The van der Waals surface area contributed by atoms with Gasteiger partial charge in [-0.15, -0.1) is 0 Å². The Bertz CT molecular complexity index is 298. The second-order valence-corrected chi connectivity index (χ2v) is 2.54. The van der Waals surface area contributed by atoms with E-state index >= 15 is 0 Å². The van der Waals surface area contributed by atoms with Crippen molar-refractivity contribution in [1.82, 2.24) is 9.71 Å². The Morgan fingerprint density at radius 3 is 3.00 bits per heavy atom. The topological polar surface area (TPSA) is 90.7 Å². The van der Waals surface area contributed by atoms with Gasteiger partial charge in [0.15, 0.2) is 6.61 Å². The molecule has 1 atom stereocenters. The quantitative estimate of drug-likeness (QED) is 0.635. The molecule has 7 nitrogen and oxygen atoms in total. The van der Waals surface area contributed by atoms with Crippen LogP contribution >= 0.6 is 0 Å². The second kappa shape index (κ2) is 4.70. The van der Waals surface area contributed by atoms with Crippen molar-refractivity contribution in [3.63, 3.8) is 0 Å². The fourth-order valence-electron chi connectivity index (χ4n) is 0.543. The van der Waals surface area contributed by atoms with E-state index in [1.165, 1.54) is 18.7 Å². The molecule has 0 radical (unpaired) electrons. The van der Waals surface area contributed by atoms with Crippen molar-refractivity contribution in [3.05, 3.63) is 18.7 Å². The van der Waals surface area contributed by atoms with Crippen LogP contribution in [0.4, 0.5) is 0 Å². The summed E-state index contributed by atoms with van der Waals surface area (Å²) in [6.45, 7) is -0.596. The fourth-order valence-corrected chi connectivity index (χ4v) is 0.740. The average Bonchev–Trinajstić information content (AvgIpc) is 2.53. The molecule has 1 aromatic heterocycles. The molecule has 0 saturated carbocycles. The van der Waals surface area contributed by atoms with Crippen LogP contribution in [0.15, 0.2) is 18.7 Å². The maximum absolute atomic E-state index is 10.8. The van der Waals surface area contributed by atoms with Crippen molar-refractivity contribution in [2.24, 2.45) is 0 Å². The van der Waals surface area contributed by atoms with E-state index < -0.39 is 23.9 Å². The summed E-state index contributed by atoms with van der Waals surface area (Å²) < 4.78 is 23.2. The zero-order chi connectivity index (χ0) is 9.68. The Kier molecular flexibility index (Phi) is 3.55. The van der Waals surface area contributed by atoms with E-state index in [9.17, 15) is 9.00 Å². The minimum absolute atomic E-state index is 0.596. The number of nitrogens with zero attached hydrogens (tertiary/aromatic N) is 2. The van der Waals surface area contributed by atoms with Gasteiger partial charge >= 0.3 is 17.3 Å². The molecule has 1 heterocycles. The van der Waals surface area contributed by atoms with Gasteiger partial charge in [0.05, 0.1) is 6.20 Å². The Labute approximate surface area is 75.7 Å². The van der Waals surface area contributed by atoms with E-state index in [-0.39, 0.29) is 0 Å². The lowest BCUT2D eigenvalue weighted by molar-refractivity contribution is -0.146. The first-order chi connectivity index (χ1) is 6.18. The maximum Gasteiger partial charge on any atom is 0.359 e. The van der Waals surface area contributed by atoms with Crippen molar-refractivity contribution in [2.45, 2.75) is 0 Å². The van der Waals surface area contributed by atoms with E-state index in [1.54, 1.807) is 0 Å². The third-order valence-corrected chi connectivity index (χ3v) is 1.28. The molecule has 0 aliphatic rings. The molecule has 72 valence electrons. The lowest BCUT2D eigenvalue weighted by Gasteiger charge is -2.01. The van der Waals surface area contributed by atoms with Gasteiger partial charge in [-0.05, 0) is 0 Å². The first-order valence-electron chi connectivity index (χ1n) is 3.12. The normalized spacial score (nSPS) is 12.4. The number of aromatic nitrogens is 2. The van der Waals surface area contributed by atoms with Crippen molar-refractivity contribution in [2.75, 3.05) is 6.61 Å². The highest BCUT2D eigenvalue weighted by atomic mass is 32.2. The van der Waals surface area contributed by atoms with E-state index in [2.05, 4.69) is 14.0 Å². The number of carbonyl (C=O) groups excluding carboxylic acids is 1. The van der Waals surface area contributed by atoms with Gasteiger partial charge in [-0.25, -0.2) is 9.78 Å². The molecule has 0 aromatic carbocycles. The number of hydrogen-bond acceptors (Lipinski definition) is 5. The monoisotopic (exact) mass is 206 g/mol. The first-order valence-corrected chi connectivity index (χ1v) is 4.15. The SMILES string of the molecule is O=C(COS(=O)O)On1ccnc1. The number of carbonyl (C=O) groups is 1. The van der Waals surface area contributed by atoms with Gasteiger partial charge in [0.25, 0.3) is 0 Å². The molecule has 0 bridgehead atoms. The highest BCUT2D eigenvalue weighted by Gasteiger charge is 2.06. The summed E-state index contributed by atoms with van der Waals surface area (Å²) in [7, 11) is 0. The van der Waals surface area contributed by atoms with Gasteiger partial charge in [0.2, 0.25) is 0 Å². The third kappa shape index (κ3) is 3.78. The molecule has 13 heavy (non-hydrogen) atoms. The summed E-state index contributed by atoms with van der Waals surface area (Å²) in [6, 6.07) is 0. The van der Waals surface area contributed by atoms with E-state index in [1.807, 2.05) is 0 Å². The van der Waals surface area contributed by atoms with Crippen molar-refractivity contribution in [1.29, 1.82) is 0 Å². The third-order valence-electron chi connectivity index (χ3n) is 0.965. The summed E-state index contributed by atoms with van der Waals surface area (Å²) in [4.78, 5) is 18.9. The smallest absolute Gasteiger partial charge is 0.333 e. The molecule has 0 amide bonds. The lowest BCUT2D eigenvalue weighted by Crippen LogP contribution is -2.23. The highest BCUT2D eigenvalue weighted by molar-refractivity contribution is 7.74. The fraction of sp³-hybridized carbons (Fsp3) is 0.200. The van der Waals surface area contributed by atoms with E-state index in [0.717, 1.165) is 4.73 Å². The molecule has 1 N–H and O–H groups in total. The Hall–Kier alpha value is -1.25. The summed E-state index contributed by atoms with van der Waals surface area (Å²) in [5.74, 6) is -0.791. The number of imidazole rings is 1. The number of rotatable bonds is 4. The minimum atomic E-state index is -2.46. The summed E-state index contributed by atoms with van der Waals surface area (Å²) in [6.07, 6.45) is 4.07. The zero-order valence-electron chi connectivity index (χ0n) is 6.32. The molecular weight excluding hydrogens is 200 g/mol. The van der Waals surface area contributed by atoms with Gasteiger partial charge in [-0.3, -0.25) is 8.74 Å². The van der Waals surface area contributed by atoms with Gasteiger partial charge < -0.3 is 4.84 Å². The predicted molar refractivity (Wildman–Crippen MR) is 40.5 cm³/mol. The Balaban J connectivity index is 2.30. The lowest BCUT2D eigenvalue weighted by atomic mass is 10.8.